The number of hydroxylamine groups is 2. The zero-order chi connectivity index (χ0) is 7.56. The van der Waals surface area contributed by atoms with Gasteiger partial charge in [-0.05, 0) is 0 Å². The standard InChI is InChI=1S/C6H11NO3/c1-7(9-2)6(8)5-3-10-4-5/h5H,3-4H2,1-2H3. The monoisotopic (exact) mass is 145 g/mol. The second-order valence-corrected chi connectivity index (χ2v) is 2.25. The highest BCUT2D eigenvalue weighted by Gasteiger charge is 2.29. The zero-order valence-corrected chi connectivity index (χ0v) is 6.16. The maximum Gasteiger partial charge on any atom is 0.253 e. The Labute approximate surface area is 59.7 Å². The molecule has 1 rings (SSSR count). The van der Waals surface area contributed by atoms with Gasteiger partial charge in [-0.15, -0.1) is 0 Å². The average molecular weight is 145 g/mol. The van der Waals surface area contributed by atoms with E-state index < -0.39 is 0 Å². The van der Waals surface area contributed by atoms with Crippen molar-refractivity contribution in [3.05, 3.63) is 0 Å². The summed E-state index contributed by atoms with van der Waals surface area (Å²) in [6.45, 7) is 1.07. The van der Waals surface area contributed by atoms with Crippen LogP contribution in [0.4, 0.5) is 0 Å². The molecule has 1 aliphatic rings. The summed E-state index contributed by atoms with van der Waals surface area (Å²) in [6.07, 6.45) is 0. The highest BCUT2D eigenvalue weighted by molar-refractivity contribution is 5.78. The van der Waals surface area contributed by atoms with Gasteiger partial charge in [0, 0.05) is 7.05 Å². The highest BCUT2D eigenvalue weighted by atomic mass is 16.7. The fraction of sp³-hybridized carbons (Fsp3) is 0.833. The highest BCUT2D eigenvalue weighted by Crippen LogP contribution is 2.12. The normalized spacial score (nSPS) is 18.2. The number of hydrogen-bond donors (Lipinski definition) is 0. The summed E-state index contributed by atoms with van der Waals surface area (Å²) >= 11 is 0. The van der Waals surface area contributed by atoms with Gasteiger partial charge in [-0.3, -0.25) is 9.63 Å². The first kappa shape index (κ1) is 7.50. The molecule has 1 aliphatic heterocycles. The molecule has 0 radical (unpaired) electrons. The first-order chi connectivity index (χ1) is 4.75. The van der Waals surface area contributed by atoms with E-state index in [4.69, 9.17) is 9.57 Å². The Morgan fingerprint density at radius 3 is 2.60 bits per heavy atom. The first-order valence-corrected chi connectivity index (χ1v) is 3.15. The van der Waals surface area contributed by atoms with Crippen molar-refractivity contribution in [2.24, 2.45) is 5.92 Å². The van der Waals surface area contributed by atoms with Crippen molar-refractivity contribution in [2.45, 2.75) is 0 Å². The molecule has 0 spiro atoms. The van der Waals surface area contributed by atoms with Crippen molar-refractivity contribution in [3.8, 4) is 0 Å². The van der Waals surface area contributed by atoms with Gasteiger partial charge in [-0.1, -0.05) is 0 Å². The number of ether oxygens (including phenoxy) is 1. The van der Waals surface area contributed by atoms with Crippen LogP contribution in [-0.2, 0) is 14.4 Å². The zero-order valence-electron chi connectivity index (χ0n) is 6.16. The van der Waals surface area contributed by atoms with Gasteiger partial charge in [0.2, 0.25) is 0 Å². The van der Waals surface area contributed by atoms with Crippen LogP contribution in [0.15, 0.2) is 0 Å². The topological polar surface area (TPSA) is 38.8 Å². The first-order valence-electron chi connectivity index (χ1n) is 3.15. The Hall–Kier alpha value is -0.610. The summed E-state index contributed by atoms with van der Waals surface area (Å²) in [6, 6.07) is 0. The Balaban J connectivity index is 2.32. The third-order valence-corrected chi connectivity index (χ3v) is 1.57. The minimum Gasteiger partial charge on any atom is -0.380 e. The molecule has 0 aromatic rings. The lowest BCUT2D eigenvalue weighted by molar-refractivity contribution is -0.185. The van der Waals surface area contributed by atoms with Crippen LogP contribution in [0.5, 0.6) is 0 Å². The van der Waals surface area contributed by atoms with E-state index in [1.54, 1.807) is 7.05 Å². The molecule has 0 saturated carbocycles. The summed E-state index contributed by atoms with van der Waals surface area (Å²) in [5.41, 5.74) is 0. The lowest BCUT2D eigenvalue weighted by atomic mass is 10.1. The van der Waals surface area contributed by atoms with E-state index in [0.717, 1.165) is 0 Å². The van der Waals surface area contributed by atoms with Crippen molar-refractivity contribution in [3.63, 3.8) is 0 Å². The molecule has 0 aromatic carbocycles. The van der Waals surface area contributed by atoms with Gasteiger partial charge in [0.05, 0.1) is 26.2 Å². The molecule has 0 unspecified atom stereocenters. The van der Waals surface area contributed by atoms with Crippen LogP contribution in [0.2, 0.25) is 0 Å². The lowest BCUT2D eigenvalue weighted by Gasteiger charge is -2.27. The maximum atomic E-state index is 11.1. The molecular formula is C6H11NO3. The van der Waals surface area contributed by atoms with E-state index in [-0.39, 0.29) is 11.8 Å². The number of carbonyl (C=O) groups excluding carboxylic acids is 1. The van der Waals surface area contributed by atoms with Crippen LogP contribution in [0.1, 0.15) is 0 Å². The third kappa shape index (κ3) is 1.27. The molecule has 4 nitrogen and oxygen atoms in total. The molecule has 1 fully saturated rings. The van der Waals surface area contributed by atoms with Crippen LogP contribution in [0.3, 0.4) is 0 Å². The summed E-state index contributed by atoms with van der Waals surface area (Å²) in [7, 11) is 3.07. The van der Waals surface area contributed by atoms with Gasteiger partial charge < -0.3 is 4.74 Å². The summed E-state index contributed by atoms with van der Waals surface area (Å²) in [4.78, 5) is 15.8. The molecule has 58 valence electrons. The second kappa shape index (κ2) is 2.98. The molecule has 0 bridgehead atoms. The molecule has 1 heterocycles. The van der Waals surface area contributed by atoms with Crippen LogP contribution < -0.4 is 0 Å². The number of carbonyl (C=O) groups is 1. The van der Waals surface area contributed by atoms with Crippen molar-refractivity contribution in [2.75, 3.05) is 27.4 Å². The smallest absolute Gasteiger partial charge is 0.253 e. The van der Waals surface area contributed by atoms with E-state index in [1.807, 2.05) is 0 Å². The molecule has 0 aliphatic carbocycles. The number of rotatable bonds is 2. The van der Waals surface area contributed by atoms with Gasteiger partial charge in [0.25, 0.3) is 5.91 Å². The van der Waals surface area contributed by atoms with Crippen LogP contribution in [-0.4, -0.2) is 38.3 Å². The van der Waals surface area contributed by atoms with Crippen LogP contribution in [0, 0.1) is 5.92 Å². The predicted molar refractivity (Wildman–Crippen MR) is 34.1 cm³/mol. The van der Waals surface area contributed by atoms with Gasteiger partial charge >= 0.3 is 0 Å². The average Bonchev–Trinajstić information content (AvgIpc) is 1.82. The summed E-state index contributed by atoms with van der Waals surface area (Å²) in [5, 5.41) is 1.23. The fourth-order valence-corrected chi connectivity index (χ4v) is 0.725. The summed E-state index contributed by atoms with van der Waals surface area (Å²) < 4.78 is 4.85. The lowest BCUT2D eigenvalue weighted by Crippen LogP contribution is -2.42. The Morgan fingerprint density at radius 1 is 1.70 bits per heavy atom. The SMILES string of the molecule is CON(C)C(=O)C1COC1. The van der Waals surface area contributed by atoms with Gasteiger partial charge in [-0.2, -0.15) is 0 Å². The summed E-state index contributed by atoms with van der Waals surface area (Å²) in [5.74, 6) is 0.0127. The van der Waals surface area contributed by atoms with Gasteiger partial charge in [0.15, 0.2) is 0 Å². The molecule has 0 N–H and O–H groups in total. The minimum absolute atomic E-state index is 0.00579. The van der Waals surface area contributed by atoms with Crippen molar-refractivity contribution in [1.29, 1.82) is 0 Å². The van der Waals surface area contributed by atoms with E-state index >= 15 is 0 Å². The van der Waals surface area contributed by atoms with Gasteiger partial charge in [0.1, 0.15) is 0 Å². The Kier molecular flexibility index (Phi) is 2.24. The molecule has 1 amide bonds. The largest absolute Gasteiger partial charge is 0.380 e. The Morgan fingerprint density at radius 2 is 2.30 bits per heavy atom. The van der Waals surface area contributed by atoms with Crippen molar-refractivity contribution < 1.29 is 14.4 Å². The number of hydrogen-bond acceptors (Lipinski definition) is 3. The maximum absolute atomic E-state index is 11.1. The van der Waals surface area contributed by atoms with E-state index in [0.29, 0.717) is 13.2 Å². The molecule has 1 saturated heterocycles. The molecule has 0 aromatic heterocycles. The van der Waals surface area contributed by atoms with Crippen molar-refractivity contribution in [1.82, 2.24) is 5.06 Å². The molecule has 10 heavy (non-hydrogen) atoms. The van der Waals surface area contributed by atoms with E-state index in [1.165, 1.54) is 12.2 Å². The molecule has 4 heteroatoms. The fourth-order valence-electron chi connectivity index (χ4n) is 0.725. The van der Waals surface area contributed by atoms with E-state index in [2.05, 4.69) is 0 Å². The van der Waals surface area contributed by atoms with Crippen molar-refractivity contribution >= 4 is 5.91 Å². The Bertz CT molecular complexity index is 126. The second-order valence-electron chi connectivity index (χ2n) is 2.25. The van der Waals surface area contributed by atoms with Gasteiger partial charge in [-0.25, -0.2) is 5.06 Å². The third-order valence-electron chi connectivity index (χ3n) is 1.57. The number of amides is 1. The van der Waals surface area contributed by atoms with E-state index in [9.17, 15) is 4.79 Å². The predicted octanol–water partition coefficient (Wildman–Crippen LogP) is -0.347. The molecular weight excluding hydrogens is 134 g/mol. The quantitative estimate of drug-likeness (QED) is 0.499. The minimum atomic E-state index is -0.00579. The molecule has 0 atom stereocenters. The number of nitrogens with zero attached hydrogens (tertiary/aromatic N) is 1. The van der Waals surface area contributed by atoms with Crippen LogP contribution in [0.25, 0.3) is 0 Å². The van der Waals surface area contributed by atoms with Crippen LogP contribution >= 0.6 is 0 Å².